The second-order valence-electron chi connectivity index (χ2n) is 6.19. The molecule has 1 aromatic heterocycles. The highest BCUT2D eigenvalue weighted by Gasteiger charge is 2.14. The average Bonchev–Trinajstić information content (AvgIpc) is 2.99. The summed E-state index contributed by atoms with van der Waals surface area (Å²) in [6.07, 6.45) is 0.495. The smallest absolute Gasteiger partial charge is 0.245 e. The van der Waals surface area contributed by atoms with Gasteiger partial charge in [0.05, 0.1) is 11.0 Å². The molecule has 0 saturated heterocycles. The van der Waals surface area contributed by atoms with E-state index < -0.39 is 0 Å². The Morgan fingerprint density at radius 3 is 2.75 bits per heavy atom. The number of para-hydroxylation sites is 2. The summed E-state index contributed by atoms with van der Waals surface area (Å²) in [7, 11) is 1.47. The highest BCUT2D eigenvalue weighted by atomic mass is 35.5. The number of anilines is 1. The molecule has 3 aromatic rings. The lowest BCUT2D eigenvalue weighted by Gasteiger charge is -2.11. The van der Waals surface area contributed by atoms with Crippen molar-refractivity contribution in [2.45, 2.75) is 13.0 Å². The van der Waals surface area contributed by atoms with Crippen molar-refractivity contribution >= 4 is 40.1 Å². The van der Waals surface area contributed by atoms with E-state index in [2.05, 4.69) is 15.6 Å². The number of benzene rings is 2. The molecule has 2 N–H and O–H groups in total. The van der Waals surface area contributed by atoms with Crippen LogP contribution in [0.4, 0.5) is 5.69 Å². The summed E-state index contributed by atoms with van der Waals surface area (Å²) in [5.74, 6) is 0.346. The fourth-order valence-corrected chi connectivity index (χ4v) is 3.09. The predicted molar refractivity (Wildman–Crippen MR) is 108 cm³/mol. The lowest BCUT2D eigenvalue weighted by atomic mass is 10.3. The summed E-state index contributed by atoms with van der Waals surface area (Å²) in [5.41, 5.74) is 2.30. The van der Waals surface area contributed by atoms with E-state index >= 15 is 0 Å². The Hall–Kier alpha value is -2.90. The summed E-state index contributed by atoms with van der Waals surface area (Å²) >= 11 is 5.97. The quantitative estimate of drug-likeness (QED) is 0.608. The lowest BCUT2D eigenvalue weighted by molar-refractivity contribution is -0.124. The van der Waals surface area contributed by atoms with Crippen LogP contribution in [-0.2, 0) is 27.3 Å². The zero-order valence-corrected chi connectivity index (χ0v) is 16.2. The number of imidazole rings is 1. The molecule has 3 rings (SSSR count). The van der Waals surface area contributed by atoms with Crippen molar-refractivity contribution in [3.63, 3.8) is 0 Å². The number of halogens is 1. The van der Waals surface area contributed by atoms with E-state index in [1.165, 1.54) is 7.11 Å². The zero-order chi connectivity index (χ0) is 19.9. The highest BCUT2D eigenvalue weighted by molar-refractivity contribution is 6.30. The minimum Gasteiger partial charge on any atom is -0.375 e. The number of aromatic nitrogens is 2. The average molecular weight is 401 g/mol. The van der Waals surface area contributed by atoms with E-state index in [1.54, 1.807) is 24.3 Å². The van der Waals surface area contributed by atoms with Gasteiger partial charge >= 0.3 is 0 Å². The molecule has 146 valence electrons. The minimum absolute atomic E-state index is 0.0124. The molecule has 7 nitrogen and oxygen atoms in total. The van der Waals surface area contributed by atoms with Crippen LogP contribution in [0.3, 0.4) is 0 Å². The summed E-state index contributed by atoms with van der Waals surface area (Å²) in [4.78, 5) is 28.7. The Morgan fingerprint density at radius 1 is 1.14 bits per heavy atom. The summed E-state index contributed by atoms with van der Waals surface area (Å²) in [6, 6.07) is 14.6. The van der Waals surface area contributed by atoms with Gasteiger partial charge in [-0.15, -0.1) is 0 Å². The van der Waals surface area contributed by atoms with Crippen molar-refractivity contribution in [3.8, 4) is 0 Å². The fourth-order valence-electron chi connectivity index (χ4n) is 2.90. The van der Waals surface area contributed by atoms with Crippen molar-refractivity contribution in [2.24, 2.45) is 0 Å². The predicted octanol–water partition coefficient (Wildman–Crippen LogP) is 2.63. The van der Waals surface area contributed by atoms with Crippen LogP contribution in [0.2, 0.25) is 5.02 Å². The SMILES string of the molecule is COCC(=O)NCCc1nc2ccccc2n1CC(=O)Nc1cccc(Cl)c1. The number of methoxy groups -OCH3 is 1. The molecular formula is C20H21ClN4O3. The molecule has 0 aliphatic rings. The van der Waals surface area contributed by atoms with E-state index in [0.717, 1.165) is 16.9 Å². The fraction of sp³-hybridized carbons (Fsp3) is 0.250. The number of nitrogens with zero attached hydrogens (tertiary/aromatic N) is 2. The van der Waals surface area contributed by atoms with E-state index in [9.17, 15) is 9.59 Å². The molecule has 0 aliphatic heterocycles. The Kier molecular flexibility index (Phi) is 6.62. The van der Waals surface area contributed by atoms with Gasteiger partial charge in [0.2, 0.25) is 11.8 Å². The van der Waals surface area contributed by atoms with Crippen molar-refractivity contribution in [1.82, 2.24) is 14.9 Å². The first kappa shape index (κ1) is 19.9. The largest absolute Gasteiger partial charge is 0.375 e. The molecule has 2 amide bonds. The van der Waals surface area contributed by atoms with Crippen LogP contribution in [-0.4, -0.2) is 41.6 Å². The van der Waals surface area contributed by atoms with Crippen molar-refractivity contribution in [3.05, 3.63) is 59.4 Å². The topological polar surface area (TPSA) is 85.2 Å². The number of hydrogen-bond acceptors (Lipinski definition) is 4. The van der Waals surface area contributed by atoms with Gasteiger partial charge in [-0.05, 0) is 30.3 Å². The molecule has 2 aromatic carbocycles. The second kappa shape index (κ2) is 9.34. The number of carbonyl (C=O) groups is 2. The van der Waals surface area contributed by atoms with E-state index in [1.807, 2.05) is 28.8 Å². The van der Waals surface area contributed by atoms with Gasteiger partial charge < -0.3 is 19.9 Å². The Balaban J connectivity index is 1.74. The first-order valence-corrected chi connectivity index (χ1v) is 9.20. The number of nitrogens with one attached hydrogen (secondary N) is 2. The van der Waals surface area contributed by atoms with Gasteiger partial charge in [0.1, 0.15) is 19.0 Å². The molecule has 28 heavy (non-hydrogen) atoms. The number of rotatable bonds is 8. The van der Waals surface area contributed by atoms with Crippen LogP contribution in [0.1, 0.15) is 5.82 Å². The summed E-state index contributed by atoms with van der Waals surface area (Å²) in [6.45, 7) is 0.522. The van der Waals surface area contributed by atoms with Crippen LogP contribution >= 0.6 is 11.6 Å². The second-order valence-corrected chi connectivity index (χ2v) is 6.63. The molecule has 0 spiro atoms. The highest BCUT2D eigenvalue weighted by Crippen LogP contribution is 2.18. The maximum atomic E-state index is 12.6. The molecule has 0 bridgehead atoms. The molecule has 8 heteroatoms. The van der Waals surface area contributed by atoms with Gasteiger partial charge in [-0.25, -0.2) is 4.98 Å². The van der Waals surface area contributed by atoms with Crippen molar-refractivity contribution < 1.29 is 14.3 Å². The van der Waals surface area contributed by atoms with E-state index in [0.29, 0.717) is 23.7 Å². The first-order chi connectivity index (χ1) is 13.6. The van der Waals surface area contributed by atoms with Crippen LogP contribution in [0.15, 0.2) is 48.5 Å². The summed E-state index contributed by atoms with van der Waals surface area (Å²) < 4.78 is 6.66. The third-order valence-corrected chi connectivity index (χ3v) is 4.33. The van der Waals surface area contributed by atoms with Crippen molar-refractivity contribution in [1.29, 1.82) is 0 Å². The number of ether oxygens (including phenoxy) is 1. The Morgan fingerprint density at radius 2 is 1.96 bits per heavy atom. The lowest BCUT2D eigenvalue weighted by Crippen LogP contribution is -2.30. The van der Waals surface area contributed by atoms with Gasteiger partial charge in [0.15, 0.2) is 0 Å². The third-order valence-electron chi connectivity index (χ3n) is 4.09. The molecule has 0 saturated carbocycles. The van der Waals surface area contributed by atoms with Gasteiger partial charge in [-0.1, -0.05) is 29.8 Å². The molecule has 0 aliphatic carbocycles. The third kappa shape index (κ3) is 5.09. The number of fused-ring (bicyclic) bond motifs is 1. The van der Waals surface area contributed by atoms with Gasteiger partial charge in [-0.3, -0.25) is 9.59 Å². The first-order valence-electron chi connectivity index (χ1n) is 8.82. The molecule has 0 unspecified atom stereocenters. The van der Waals surface area contributed by atoms with Gasteiger partial charge in [0, 0.05) is 30.8 Å². The molecule has 0 fully saturated rings. The maximum absolute atomic E-state index is 12.6. The van der Waals surface area contributed by atoms with Crippen LogP contribution in [0.25, 0.3) is 11.0 Å². The number of carbonyl (C=O) groups excluding carboxylic acids is 2. The van der Waals surface area contributed by atoms with Gasteiger partial charge in [-0.2, -0.15) is 0 Å². The Labute approximate surface area is 167 Å². The van der Waals surface area contributed by atoms with Crippen LogP contribution in [0.5, 0.6) is 0 Å². The normalized spacial score (nSPS) is 10.8. The molecule has 0 atom stereocenters. The standard InChI is InChI=1S/C20H21ClN4O3/c1-28-13-20(27)22-10-9-18-24-16-7-2-3-8-17(16)25(18)12-19(26)23-15-6-4-5-14(21)11-15/h2-8,11H,9-10,12-13H2,1H3,(H,22,27)(H,23,26). The molecule has 0 radical (unpaired) electrons. The Bertz CT molecular complexity index is 986. The molecule has 1 heterocycles. The van der Waals surface area contributed by atoms with Gasteiger partial charge in [0.25, 0.3) is 0 Å². The van der Waals surface area contributed by atoms with Crippen LogP contribution in [0, 0.1) is 0 Å². The minimum atomic E-state index is -0.191. The van der Waals surface area contributed by atoms with Crippen molar-refractivity contribution in [2.75, 3.05) is 25.6 Å². The summed E-state index contributed by atoms with van der Waals surface area (Å²) in [5, 5.41) is 6.17. The molecular weight excluding hydrogens is 380 g/mol. The number of hydrogen-bond donors (Lipinski definition) is 2. The zero-order valence-electron chi connectivity index (χ0n) is 15.4. The maximum Gasteiger partial charge on any atom is 0.245 e. The van der Waals surface area contributed by atoms with E-state index in [4.69, 9.17) is 16.3 Å². The van der Waals surface area contributed by atoms with E-state index in [-0.39, 0.29) is 25.0 Å². The van der Waals surface area contributed by atoms with Crippen LogP contribution < -0.4 is 10.6 Å². The number of amides is 2. The monoisotopic (exact) mass is 400 g/mol.